The number of hydrogen-bond donors (Lipinski definition) is 1. The van der Waals surface area contributed by atoms with Gasteiger partial charge in [-0.2, -0.15) is 0 Å². The smallest absolute Gasteiger partial charge is 0.122 e. The molecule has 0 aliphatic rings. The monoisotopic (exact) mass is 277 g/mol. The molecule has 1 aromatic rings. The summed E-state index contributed by atoms with van der Waals surface area (Å²) < 4.78 is 5.72. The summed E-state index contributed by atoms with van der Waals surface area (Å²) >= 11 is 0. The third-order valence-electron chi connectivity index (χ3n) is 3.66. The lowest BCUT2D eigenvalue weighted by molar-refractivity contribution is 0.254. The molecule has 0 fully saturated rings. The highest BCUT2D eigenvalue weighted by molar-refractivity contribution is 5.33. The molecule has 2 heteroatoms. The van der Waals surface area contributed by atoms with Crippen LogP contribution >= 0.6 is 0 Å². The molecule has 0 aliphatic heterocycles. The standard InChI is InChI=1S/C18H31NO/c1-6-14-19-17(18(3,4)5)13-12-15-10-8-9-11-16(15)20-7-2/h8-11,17,19H,6-7,12-14H2,1-5H3. The highest BCUT2D eigenvalue weighted by Crippen LogP contribution is 2.26. The molecule has 0 amide bonds. The topological polar surface area (TPSA) is 21.3 Å². The van der Waals surface area contributed by atoms with Gasteiger partial charge in [-0.3, -0.25) is 0 Å². The van der Waals surface area contributed by atoms with Crippen molar-refractivity contribution in [1.29, 1.82) is 0 Å². The van der Waals surface area contributed by atoms with Crippen molar-refractivity contribution in [2.75, 3.05) is 13.2 Å². The second-order valence-corrected chi connectivity index (χ2v) is 6.45. The van der Waals surface area contributed by atoms with E-state index in [2.05, 4.69) is 51.2 Å². The summed E-state index contributed by atoms with van der Waals surface area (Å²) in [6.07, 6.45) is 3.39. The van der Waals surface area contributed by atoms with Crippen molar-refractivity contribution in [2.45, 2.75) is 59.9 Å². The molecule has 1 aromatic carbocycles. The van der Waals surface area contributed by atoms with Crippen molar-refractivity contribution in [3.05, 3.63) is 29.8 Å². The lowest BCUT2D eigenvalue weighted by Crippen LogP contribution is -2.41. The third kappa shape index (κ3) is 5.54. The molecule has 20 heavy (non-hydrogen) atoms. The summed E-state index contributed by atoms with van der Waals surface area (Å²) in [5, 5.41) is 3.69. The van der Waals surface area contributed by atoms with Crippen molar-refractivity contribution in [2.24, 2.45) is 5.41 Å². The van der Waals surface area contributed by atoms with E-state index in [-0.39, 0.29) is 5.41 Å². The van der Waals surface area contributed by atoms with Gasteiger partial charge in [-0.1, -0.05) is 45.9 Å². The average molecular weight is 277 g/mol. The maximum absolute atomic E-state index is 5.72. The fourth-order valence-electron chi connectivity index (χ4n) is 2.47. The zero-order valence-electron chi connectivity index (χ0n) is 13.8. The van der Waals surface area contributed by atoms with Crippen molar-refractivity contribution < 1.29 is 4.74 Å². The Hall–Kier alpha value is -1.02. The first-order chi connectivity index (χ1) is 9.49. The van der Waals surface area contributed by atoms with Crippen molar-refractivity contribution in [3.8, 4) is 5.75 Å². The zero-order valence-corrected chi connectivity index (χ0v) is 13.8. The van der Waals surface area contributed by atoms with Gasteiger partial charge in [0.2, 0.25) is 0 Å². The molecular weight excluding hydrogens is 246 g/mol. The summed E-state index contributed by atoms with van der Waals surface area (Å²) in [6.45, 7) is 13.0. The van der Waals surface area contributed by atoms with E-state index in [0.717, 1.165) is 31.7 Å². The van der Waals surface area contributed by atoms with Crippen LogP contribution < -0.4 is 10.1 Å². The van der Waals surface area contributed by atoms with Gasteiger partial charge in [0.05, 0.1) is 6.61 Å². The third-order valence-corrected chi connectivity index (χ3v) is 3.66. The SMILES string of the molecule is CCCNC(CCc1ccccc1OCC)C(C)(C)C. The van der Waals surface area contributed by atoms with E-state index in [4.69, 9.17) is 4.74 Å². The molecule has 0 aromatic heterocycles. The summed E-state index contributed by atoms with van der Waals surface area (Å²) in [7, 11) is 0. The van der Waals surface area contributed by atoms with Gasteiger partial charge in [0, 0.05) is 6.04 Å². The maximum atomic E-state index is 5.72. The predicted octanol–water partition coefficient (Wildman–Crippen LogP) is 4.43. The quantitative estimate of drug-likeness (QED) is 0.759. The van der Waals surface area contributed by atoms with E-state index in [0.29, 0.717) is 6.04 Å². The van der Waals surface area contributed by atoms with Crippen LogP contribution in [0.2, 0.25) is 0 Å². The van der Waals surface area contributed by atoms with Crippen LogP contribution in [0.25, 0.3) is 0 Å². The molecule has 0 spiro atoms. The molecule has 1 unspecified atom stereocenters. The predicted molar refractivity (Wildman–Crippen MR) is 87.5 cm³/mol. The first-order valence-electron chi connectivity index (χ1n) is 7.93. The molecule has 114 valence electrons. The van der Waals surface area contributed by atoms with E-state index >= 15 is 0 Å². The second kappa shape index (κ2) is 8.31. The van der Waals surface area contributed by atoms with Gasteiger partial charge in [0.1, 0.15) is 5.75 Å². The molecular formula is C18H31NO. The molecule has 0 bridgehead atoms. The number of ether oxygens (including phenoxy) is 1. The van der Waals surface area contributed by atoms with Gasteiger partial charge in [0.25, 0.3) is 0 Å². The Morgan fingerprint density at radius 3 is 2.45 bits per heavy atom. The number of benzene rings is 1. The first-order valence-corrected chi connectivity index (χ1v) is 7.93. The average Bonchev–Trinajstić information content (AvgIpc) is 2.39. The normalized spacial score (nSPS) is 13.2. The van der Waals surface area contributed by atoms with Crippen LogP contribution in [0.1, 0.15) is 53.0 Å². The van der Waals surface area contributed by atoms with Crippen molar-refractivity contribution in [3.63, 3.8) is 0 Å². The van der Waals surface area contributed by atoms with E-state index in [9.17, 15) is 0 Å². The number of aryl methyl sites for hydroxylation is 1. The van der Waals surface area contributed by atoms with Gasteiger partial charge in [0.15, 0.2) is 0 Å². The van der Waals surface area contributed by atoms with E-state index in [1.54, 1.807) is 0 Å². The zero-order chi connectivity index (χ0) is 15.0. The van der Waals surface area contributed by atoms with Crippen LogP contribution in [0.4, 0.5) is 0 Å². The summed E-state index contributed by atoms with van der Waals surface area (Å²) in [5.41, 5.74) is 1.61. The van der Waals surface area contributed by atoms with Crippen LogP contribution in [-0.4, -0.2) is 19.2 Å². The van der Waals surface area contributed by atoms with E-state index in [1.807, 2.05) is 13.0 Å². The molecule has 0 radical (unpaired) electrons. The van der Waals surface area contributed by atoms with Gasteiger partial charge in [-0.05, 0) is 49.8 Å². The van der Waals surface area contributed by atoms with Gasteiger partial charge in [-0.25, -0.2) is 0 Å². The van der Waals surface area contributed by atoms with Crippen LogP contribution in [0.5, 0.6) is 5.75 Å². The van der Waals surface area contributed by atoms with Crippen LogP contribution in [0.3, 0.4) is 0 Å². The Morgan fingerprint density at radius 1 is 1.15 bits per heavy atom. The Kier molecular flexibility index (Phi) is 7.08. The molecule has 2 nitrogen and oxygen atoms in total. The Bertz CT molecular complexity index is 381. The first kappa shape index (κ1) is 17.0. The molecule has 1 atom stereocenters. The summed E-state index contributed by atoms with van der Waals surface area (Å²) in [6, 6.07) is 8.95. The molecule has 0 heterocycles. The molecule has 0 saturated heterocycles. The van der Waals surface area contributed by atoms with E-state index in [1.165, 1.54) is 12.0 Å². The fourth-order valence-corrected chi connectivity index (χ4v) is 2.47. The van der Waals surface area contributed by atoms with Gasteiger partial charge < -0.3 is 10.1 Å². The lowest BCUT2D eigenvalue weighted by Gasteiger charge is -2.32. The highest BCUT2D eigenvalue weighted by Gasteiger charge is 2.23. The molecule has 1 rings (SSSR count). The minimum absolute atomic E-state index is 0.287. The number of para-hydroxylation sites is 1. The fraction of sp³-hybridized carbons (Fsp3) is 0.667. The van der Waals surface area contributed by atoms with Gasteiger partial charge >= 0.3 is 0 Å². The summed E-state index contributed by atoms with van der Waals surface area (Å²) in [4.78, 5) is 0. The Morgan fingerprint density at radius 2 is 1.85 bits per heavy atom. The largest absolute Gasteiger partial charge is 0.494 e. The second-order valence-electron chi connectivity index (χ2n) is 6.45. The number of nitrogens with one attached hydrogen (secondary N) is 1. The lowest BCUT2D eigenvalue weighted by atomic mass is 9.83. The van der Waals surface area contributed by atoms with Crippen LogP contribution in [-0.2, 0) is 6.42 Å². The van der Waals surface area contributed by atoms with Crippen LogP contribution in [0, 0.1) is 5.41 Å². The minimum Gasteiger partial charge on any atom is -0.494 e. The molecule has 0 saturated carbocycles. The highest BCUT2D eigenvalue weighted by atomic mass is 16.5. The maximum Gasteiger partial charge on any atom is 0.122 e. The van der Waals surface area contributed by atoms with Gasteiger partial charge in [-0.15, -0.1) is 0 Å². The molecule has 0 aliphatic carbocycles. The van der Waals surface area contributed by atoms with Crippen molar-refractivity contribution in [1.82, 2.24) is 5.32 Å². The van der Waals surface area contributed by atoms with E-state index < -0.39 is 0 Å². The van der Waals surface area contributed by atoms with Crippen LogP contribution in [0.15, 0.2) is 24.3 Å². The number of rotatable bonds is 8. The Balaban J connectivity index is 2.67. The minimum atomic E-state index is 0.287. The molecule has 1 N–H and O–H groups in total. The number of hydrogen-bond acceptors (Lipinski definition) is 2. The van der Waals surface area contributed by atoms with Crippen molar-refractivity contribution >= 4 is 0 Å². The summed E-state index contributed by atoms with van der Waals surface area (Å²) in [5.74, 6) is 1.04. The Labute approximate surface area is 124 Å².